The molecule has 2 atom stereocenters. The second-order valence-electron chi connectivity index (χ2n) is 6.72. The fourth-order valence-corrected chi connectivity index (χ4v) is 3.25. The van der Waals surface area contributed by atoms with Gasteiger partial charge in [0.05, 0.1) is 5.92 Å². The van der Waals surface area contributed by atoms with Gasteiger partial charge in [0.15, 0.2) is 0 Å². The molecule has 0 aromatic heterocycles. The second kappa shape index (κ2) is 10.1. The number of carbonyl (C=O) groups is 1. The van der Waals surface area contributed by atoms with E-state index in [0.717, 1.165) is 5.56 Å². The lowest BCUT2D eigenvalue weighted by Gasteiger charge is -2.36. The second-order valence-corrected chi connectivity index (χ2v) is 6.72. The fraction of sp³-hybridized carbons (Fsp3) is 0.611. The molecule has 0 spiro atoms. The molecule has 0 radical (unpaired) electrons. The minimum absolute atomic E-state index is 0. The lowest BCUT2D eigenvalue weighted by molar-refractivity contribution is -0.184. The van der Waals surface area contributed by atoms with E-state index < -0.39 is 24.7 Å². The first kappa shape index (κ1) is 22.7. The summed E-state index contributed by atoms with van der Waals surface area (Å²) in [7, 11) is 0. The minimum atomic E-state index is -4.37. The molecule has 1 aliphatic rings. The van der Waals surface area contributed by atoms with E-state index in [9.17, 15) is 18.0 Å². The molecule has 2 rings (SSSR count). The van der Waals surface area contributed by atoms with Crippen molar-refractivity contribution in [2.45, 2.75) is 32.0 Å². The highest BCUT2D eigenvalue weighted by Gasteiger charge is 2.44. The quantitative estimate of drug-likeness (QED) is 0.781. The summed E-state index contributed by atoms with van der Waals surface area (Å²) in [4.78, 5) is 14.0. The van der Waals surface area contributed by atoms with Crippen molar-refractivity contribution < 1.29 is 18.0 Å². The summed E-state index contributed by atoms with van der Waals surface area (Å²) in [5, 5.41) is 5.59. The Hall–Kier alpha value is -1.31. The number of hydrogen-bond acceptors (Lipinski definition) is 3. The monoisotopic (exact) mass is 393 g/mol. The molecule has 0 bridgehead atoms. The van der Waals surface area contributed by atoms with Gasteiger partial charge in [0.2, 0.25) is 5.91 Å². The molecule has 1 fully saturated rings. The number of carbonyl (C=O) groups excluding carboxylic acids is 1. The van der Waals surface area contributed by atoms with Crippen LogP contribution in [0.5, 0.6) is 0 Å². The van der Waals surface area contributed by atoms with Crippen molar-refractivity contribution in [2.24, 2.45) is 5.92 Å². The van der Waals surface area contributed by atoms with E-state index in [1.807, 2.05) is 44.2 Å². The van der Waals surface area contributed by atoms with Crippen molar-refractivity contribution >= 4 is 18.3 Å². The van der Waals surface area contributed by atoms with Gasteiger partial charge in [-0.1, -0.05) is 44.2 Å². The van der Waals surface area contributed by atoms with Gasteiger partial charge in [0.1, 0.15) is 6.04 Å². The van der Waals surface area contributed by atoms with Gasteiger partial charge in [-0.15, -0.1) is 12.4 Å². The van der Waals surface area contributed by atoms with Crippen LogP contribution in [-0.2, 0) is 4.79 Å². The molecule has 1 aromatic carbocycles. The van der Waals surface area contributed by atoms with Crippen LogP contribution in [0.15, 0.2) is 30.3 Å². The van der Waals surface area contributed by atoms with Crippen LogP contribution in [0.2, 0.25) is 0 Å². The molecule has 4 nitrogen and oxygen atoms in total. The number of alkyl halides is 3. The Morgan fingerprint density at radius 1 is 1.19 bits per heavy atom. The summed E-state index contributed by atoms with van der Waals surface area (Å²) in [5.74, 6) is -0.824. The van der Waals surface area contributed by atoms with Crippen molar-refractivity contribution in [3.63, 3.8) is 0 Å². The summed E-state index contributed by atoms with van der Waals surface area (Å²) in [6.07, 6.45) is -4.37. The molecule has 1 aliphatic heterocycles. The molecule has 0 saturated carbocycles. The molecule has 1 aromatic rings. The largest absolute Gasteiger partial charge is 0.405 e. The number of benzene rings is 1. The zero-order valence-electron chi connectivity index (χ0n) is 15.1. The van der Waals surface area contributed by atoms with E-state index in [0.29, 0.717) is 26.2 Å². The molecule has 1 heterocycles. The number of halogens is 4. The van der Waals surface area contributed by atoms with Crippen LogP contribution in [0.3, 0.4) is 0 Å². The zero-order chi connectivity index (χ0) is 18.4. The van der Waals surface area contributed by atoms with E-state index >= 15 is 0 Å². The number of piperazine rings is 1. The van der Waals surface area contributed by atoms with Crippen molar-refractivity contribution in [3.05, 3.63) is 35.9 Å². The summed E-state index contributed by atoms with van der Waals surface area (Å²) in [6.45, 7) is 5.08. The maximum Gasteiger partial charge on any atom is 0.405 e. The number of nitrogens with zero attached hydrogens (tertiary/aromatic N) is 1. The van der Waals surface area contributed by atoms with Gasteiger partial charge in [0.25, 0.3) is 0 Å². The molecular weight excluding hydrogens is 367 g/mol. The summed E-state index contributed by atoms with van der Waals surface area (Å²) < 4.78 is 40.3. The van der Waals surface area contributed by atoms with Crippen LogP contribution in [0.25, 0.3) is 0 Å². The maximum absolute atomic E-state index is 13.4. The number of hydrogen-bond donors (Lipinski definition) is 2. The summed E-state index contributed by atoms with van der Waals surface area (Å²) in [6, 6.07) is 7.53. The first-order valence-corrected chi connectivity index (χ1v) is 8.65. The minimum Gasteiger partial charge on any atom is -0.354 e. The molecule has 26 heavy (non-hydrogen) atoms. The van der Waals surface area contributed by atoms with E-state index in [-0.39, 0.29) is 24.2 Å². The standard InChI is InChI=1S/C18H26F3N3O.ClH/c1-13(2)16(14-6-4-3-5-7-14)17(25)23-12-15(18(19,20)21)24-10-8-22-9-11-24;/h3-7,13,15-16,22H,8-12H2,1-2H3,(H,23,25);1H. The van der Waals surface area contributed by atoms with Gasteiger partial charge in [0, 0.05) is 32.7 Å². The van der Waals surface area contributed by atoms with Crippen molar-refractivity contribution in [1.29, 1.82) is 0 Å². The van der Waals surface area contributed by atoms with Crippen LogP contribution in [0, 0.1) is 5.92 Å². The lowest BCUT2D eigenvalue weighted by atomic mass is 9.87. The van der Waals surface area contributed by atoms with E-state index in [2.05, 4.69) is 10.6 Å². The van der Waals surface area contributed by atoms with E-state index in [1.165, 1.54) is 4.90 Å². The molecule has 8 heteroatoms. The smallest absolute Gasteiger partial charge is 0.354 e. The van der Waals surface area contributed by atoms with Crippen molar-refractivity contribution in [3.8, 4) is 0 Å². The predicted molar refractivity (Wildman–Crippen MR) is 98.6 cm³/mol. The molecule has 148 valence electrons. The Kier molecular flexibility index (Phi) is 8.86. The Morgan fingerprint density at radius 2 is 1.77 bits per heavy atom. The fourth-order valence-electron chi connectivity index (χ4n) is 3.25. The number of amides is 1. The Labute approximate surface area is 158 Å². The third-order valence-electron chi connectivity index (χ3n) is 4.55. The van der Waals surface area contributed by atoms with E-state index in [4.69, 9.17) is 0 Å². The van der Waals surface area contributed by atoms with Gasteiger partial charge >= 0.3 is 6.18 Å². The normalized spacial score (nSPS) is 18.1. The van der Waals surface area contributed by atoms with Gasteiger partial charge < -0.3 is 10.6 Å². The Balaban J connectivity index is 0.00000338. The molecular formula is C18H27ClF3N3O. The number of nitrogens with one attached hydrogen (secondary N) is 2. The lowest BCUT2D eigenvalue weighted by Crippen LogP contribution is -2.57. The summed E-state index contributed by atoms with van der Waals surface area (Å²) >= 11 is 0. The topological polar surface area (TPSA) is 44.4 Å². The van der Waals surface area contributed by atoms with Crippen LogP contribution in [0.1, 0.15) is 25.3 Å². The average Bonchev–Trinajstić information content (AvgIpc) is 2.55. The van der Waals surface area contributed by atoms with Gasteiger partial charge in [-0.25, -0.2) is 0 Å². The van der Waals surface area contributed by atoms with Gasteiger partial charge in [-0.05, 0) is 11.5 Å². The first-order valence-electron chi connectivity index (χ1n) is 8.65. The Bertz CT molecular complexity index is 548. The zero-order valence-corrected chi connectivity index (χ0v) is 15.9. The van der Waals surface area contributed by atoms with Crippen molar-refractivity contribution in [1.82, 2.24) is 15.5 Å². The van der Waals surface area contributed by atoms with Crippen molar-refractivity contribution in [2.75, 3.05) is 32.7 Å². The van der Waals surface area contributed by atoms with Crippen LogP contribution in [-0.4, -0.2) is 55.7 Å². The third kappa shape index (κ3) is 6.14. The molecule has 1 amide bonds. The van der Waals surface area contributed by atoms with Gasteiger partial charge in [-0.2, -0.15) is 13.2 Å². The highest BCUT2D eigenvalue weighted by Crippen LogP contribution is 2.27. The van der Waals surface area contributed by atoms with E-state index in [1.54, 1.807) is 0 Å². The molecule has 2 unspecified atom stereocenters. The predicted octanol–water partition coefficient (Wildman–Crippen LogP) is 2.80. The molecule has 1 saturated heterocycles. The molecule has 0 aliphatic carbocycles. The first-order chi connectivity index (χ1) is 11.8. The summed E-state index contributed by atoms with van der Waals surface area (Å²) in [5.41, 5.74) is 0.820. The maximum atomic E-state index is 13.4. The highest BCUT2D eigenvalue weighted by atomic mass is 35.5. The van der Waals surface area contributed by atoms with Crippen LogP contribution in [0.4, 0.5) is 13.2 Å². The van der Waals surface area contributed by atoms with Crippen LogP contribution >= 0.6 is 12.4 Å². The molecule has 2 N–H and O–H groups in total. The highest BCUT2D eigenvalue weighted by molar-refractivity contribution is 5.85. The third-order valence-corrected chi connectivity index (χ3v) is 4.55. The SMILES string of the molecule is CC(C)C(C(=O)NCC(N1CCNCC1)C(F)(F)F)c1ccccc1.Cl. The number of rotatable bonds is 6. The average molecular weight is 394 g/mol. The Morgan fingerprint density at radius 3 is 2.27 bits per heavy atom. The van der Waals surface area contributed by atoms with Crippen LogP contribution < -0.4 is 10.6 Å². The van der Waals surface area contributed by atoms with Gasteiger partial charge in [-0.3, -0.25) is 9.69 Å².